The number of hydrogen-bond acceptors (Lipinski definition) is 4. The smallest absolute Gasteiger partial charge is 0.206 e. The predicted octanol–water partition coefficient (Wildman–Crippen LogP) is 3.48. The van der Waals surface area contributed by atoms with Crippen LogP contribution in [0.15, 0.2) is 14.1 Å². The van der Waals surface area contributed by atoms with Crippen molar-refractivity contribution < 1.29 is 8.42 Å². The van der Waals surface area contributed by atoms with Gasteiger partial charge in [-0.2, -0.15) is 9.57 Å². The van der Waals surface area contributed by atoms with E-state index in [1.54, 1.807) is 13.8 Å². The summed E-state index contributed by atoms with van der Waals surface area (Å²) in [6.45, 7) is 3.74. The van der Waals surface area contributed by atoms with Crippen molar-refractivity contribution in [2.24, 2.45) is 0 Å². The van der Waals surface area contributed by atoms with Gasteiger partial charge in [0.1, 0.15) is 4.21 Å². The van der Waals surface area contributed by atoms with E-state index in [0.717, 1.165) is 11.3 Å². The molecule has 0 atom stereocenters. The second kappa shape index (κ2) is 6.35. The average molecular weight is 372 g/mol. The first-order valence-corrected chi connectivity index (χ1v) is 8.57. The van der Waals surface area contributed by atoms with Gasteiger partial charge in [0.25, 0.3) is 10.0 Å². The molecular formula is C10H12BrClN2O2S2. The van der Waals surface area contributed by atoms with Crippen LogP contribution in [-0.2, 0) is 10.0 Å². The Kier molecular flexibility index (Phi) is 5.62. The van der Waals surface area contributed by atoms with Crippen LogP contribution in [0, 0.1) is 11.3 Å². The highest BCUT2D eigenvalue weighted by Crippen LogP contribution is 2.36. The highest BCUT2D eigenvalue weighted by atomic mass is 79.9. The summed E-state index contributed by atoms with van der Waals surface area (Å²) in [5, 5.41) is 8.96. The monoisotopic (exact) mass is 370 g/mol. The second-order valence-electron chi connectivity index (χ2n) is 3.80. The summed E-state index contributed by atoms with van der Waals surface area (Å²) < 4.78 is 26.9. The number of sulfonamides is 1. The molecule has 0 saturated heterocycles. The van der Waals surface area contributed by atoms with Crippen LogP contribution in [-0.4, -0.2) is 25.3 Å². The maximum Gasteiger partial charge on any atom is 0.252 e. The fourth-order valence-electron chi connectivity index (χ4n) is 1.39. The Morgan fingerprint density at radius 2 is 2.22 bits per heavy atom. The van der Waals surface area contributed by atoms with E-state index < -0.39 is 10.0 Å². The van der Waals surface area contributed by atoms with E-state index in [9.17, 15) is 8.42 Å². The van der Waals surface area contributed by atoms with E-state index in [2.05, 4.69) is 15.9 Å². The van der Waals surface area contributed by atoms with Crippen molar-refractivity contribution in [1.82, 2.24) is 4.31 Å². The summed E-state index contributed by atoms with van der Waals surface area (Å²) in [4.78, 5) is 0. The van der Waals surface area contributed by atoms with Crippen LogP contribution in [0.4, 0.5) is 0 Å². The van der Waals surface area contributed by atoms with Crippen molar-refractivity contribution >= 4 is 48.9 Å². The topological polar surface area (TPSA) is 61.2 Å². The van der Waals surface area contributed by atoms with Crippen molar-refractivity contribution in [2.45, 2.75) is 30.5 Å². The minimum Gasteiger partial charge on any atom is -0.206 e. The van der Waals surface area contributed by atoms with Crippen LogP contribution in [0.3, 0.4) is 0 Å². The summed E-state index contributed by atoms with van der Waals surface area (Å²) in [5.74, 6) is 0. The molecule has 100 valence electrons. The summed E-state index contributed by atoms with van der Waals surface area (Å²) in [6.07, 6.45) is 0.164. The van der Waals surface area contributed by atoms with Crippen molar-refractivity contribution in [3.63, 3.8) is 0 Å². The van der Waals surface area contributed by atoms with Crippen LogP contribution in [0.5, 0.6) is 0 Å². The molecule has 0 fully saturated rings. The summed E-state index contributed by atoms with van der Waals surface area (Å²) in [7, 11) is -3.59. The van der Waals surface area contributed by atoms with Gasteiger partial charge in [0.2, 0.25) is 0 Å². The maximum absolute atomic E-state index is 12.4. The molecule has 0 spiro atoms. The van der Waals surface area contributed by atoms with Gasteiger partial charge >= 0.3 is 0 Å². The molecule has 0 N–H and O–H groups in total. The summed E-state index contributed by atoms with van der Waals surface area (Å²) in [6, 6.07) is 3.17. The average Bonchev–Trinajstić information content (AvgIpc) is 2.59. The molecule has 8 heteroatoms. The van der Waals surface area contributed by atoms with E-state index in [1.807, 2.05) is 6.07 Å². The third kappa shape index (κ3) is 3.45. The number of hydrogen-bond donors (Lipinski definition) is 0. The van der Waals surface area contributed by atoms with E-state index in [1.165, 1.54) is 10.4 Å². The molecule has 0 bridgehead atoms. The Morgan fingerprint density at radius 3 is 2.61 bits per heavy atom. The van der Waals surface area contributed by atoms with Crippen LogP contribution in [0.1, 0.15) is 20.3 Å². The zero-order chi connectivity index (χ0) is 13.9. The Morgan fingerprint density at radius 1 is 1.61 bits per heavy atom. The first-order chi connectivity index (χ1) is 8.30. The Balaban J connectivity index is 3.13. The van der Waals surface area contributed by atoms with Gasteiger partial charge in [-0.05, 0) is 35.8 Å². The molecule has 1 heterocycles. The molecule has 1 aromatic rings. The molecule has 0 unspecified atom stereocenters. The first-order valence-electron chi connectivity index (χ1n) is 5.14. The zero-order valence-electron chi connectivity index (χ0n) is 9.85. The SMILES string of the molecule is CC(C)N(CCC#N)S(=O)(=O)c1cc(Cl)c(Br)s1. The lowest BCUT2D eigenvalue weighted by Gasteiger charge is -2.23. The molecule has 18 heavy (non-hydrogen) atoms. The van der Waals surface area contributed by atoms with Gasteiger partial charge in [-0.15, -0.1) is 11.3 Å². The minimum atomic E-state index is -3.59. The Bertz CT molecular complexity index is 543. The predicted molar refractivity (Wildman–Crippen MR) is 76.3 cm³/mol. The number of thiophene rings is 1. The van der Waals surface area contributed by atoms with Crippen LogP contribution in [0.2, 0.25) is 5.02 Å². The zero-order valence-corrected chi connectivity index (χ0v) is 13.8. The minimum absolute atomic E-state index is 0.164. The highest BCUT2D eigenvalue weighted by molar-refractivity contribution is 9.11. The highest BCUT2D eigenvalue weighted by Gasteiger charge is 2.28. The van der Waals surface area contributed by atoms with Crippen molar-refractivity contribution in [2.75, 3.05) is 6.54 Å². The Labute approximate surface area is 124 Å². The normalized spacial score (nSPS) is 12.1. The van der Waals surface area contributed by atoms with Crippen LogP contribution < -0.4 is 0 Å². The fourth-order valence-corrected chi connectivity index (χ4v) is 5.55. The lowest BCUT2D eigenvalue weighted by Crippen LogP contribution is -2.37. The van der Waals surface area contributed by atoms with Gasteiger partial charge in [-0.1, -0.05) is 11.6 Å². The fraction of sp³-hybridized carbons (Fsp3) is 0.500. The summed E-state index contributed by atoms with van der Waals surface area (Å²) in [5.41, 5.74) is 0. The van der Waals surface area contributed by atoms with Gasteiger partial charge < -0.3 is 0 Å². The molecule has 0 saturated carbocycles. The molecule has 0 amide bonds. The molecule has 0 aliphatic carbocycles. The second-order valence-corrected chi connectivity index (χ2v) is 8.70. The maximum atomic E-state index is 12.4. The van der Waals surface area contributed by atoms with E-state index in [0.29, 0.717) is 8.81 Å². The van der Waals surface area contributed by atoms with Crippen molar-refractivity contribution in [1.29, 1.82) is 5.26 Å². The standard InChI is InChI=1S/C10H12BrClN2O2S2/c1-7(2)14(5-3-4-13)18(15,16)9-6-8(12)10(11)17-9/h6-7H,3,5H2,1-2H3. The molecule has 4 nitrogen and oxygen atoms in total. The van der Waals surface area contributed by atoms with Crippen LogP contribution >= 0.6 is 38.9 Å². The molecule has 0 radical (unpaired) electrons. The van der Waals surface area contributed by atoms with Gasteiger partial charge in [0.15, 0.2) is 0 Å². The largest absolute Gasteiger partial charge is 0.252 e. The molecule has 1 aromatic heterocycles. The van der Waals surface area contributed by atoms with Gasteiger partial charge in [-0.25, -0.2) is 8.42 Å². The molecule has 0 aromatic carbocycles. The van der Waals surface area contributed by atoms with Crippen LogP contribution in [0.25, 0.3) is 0 Å². The van der Waals surface area contributed by atoms with Gasteiger partial charge in [0.05, 0.1) is 14.9 Å². The molecule has 0 aliphatic rings. The number of nitriles is 1. The third-order valence-corrected chi connectivity index (χ3v) is 7.20. The number of nitrogens with zero attached hydrogens (tertiary/aromatic N) is 2. The lowest BCUT2D eigenvalue weighted by molar-refractivity contribution is 0.361. The summed E-state index contributed by atoms with van der Waals surface area (Å²) >= 11 is 10.1. The third-order valence-electron chi connectivity index (χ3n) is 2.21. The first kappa shape index (κ1) is 15.9. The quantitative estimate of drug-likeness (QED) is 0.796. The van der Waals surface area contributed by atoms with E-state index in [-0.39, 0.29) is 23.2 Å². The van der Waals surface area contributed by atoms with Gasteiger partial charge in [0, 0.05) is 19.0 Å². The number of halogens is 2. The van der Waals surface area contributed by atoms with E-state index >= 15 is 0 Å². The molecule has 1 rings (SSSR count). The lowest BCUT2D eigenvalue weighted by atomic mass is 10.3. The van der Waals surface area contributed by atoms with Gasteiger partial charge in [-0.3, -0.25) is 0 Å². The molecule has 0 aliphatic heterocycles. The number of rotatable bonds is 5. The van der Waals surface area contributed by atoms with Crippen molar-refractivity contribution in [3.05, 3.63) is 14.9 Å². The Hall–Kier alpha value is -0.130. The van der Waals surface area contributed by atoms with Crippen molar-refractivity contribution in [3.8, 4) is 6.07 Å². The van der Waals surface area contributed by atoms with E-state index in [4.69, 9.17) is 16.9 Å². The molecular weight excluding hydrogens is 360 g/mol.